The largest absolute Gasteiger partial charge is 0.460 e. The van der Waals surface area contributed by atoms with Gasteiger partial charge in [0.2, 0.25) is 0 Å². The third-order valence-electron chi connectivity index (χ3n) is 6.90. The van der Waals surface area contributed by atoms with E-state index in [0.29, 0.717) is 5.92 Å². The molecule has 0 aromatic heterocycles. The summed E-state index contributed by atoms with van der Waals surface area (Å²) < 4.78 is 11.2. The standard InChI is InChI=1S/C24H41NO4/c1-15(13-18(26)28-21(2,3)4)19(20(27)29-22(5,6)7)25-17-14-16-11-12-24(17,10)23(16,8)9/h15-16,19H,11-14H2,1-10H3/t15-,16+,19-,24-/m0/s1. The highest BCUT2D eigenvalue weighted by atomic mass is 16.6. The van der Waals surface area contributed by atoms with Crippen LogP contribution in [0, 0.1) is 22.7 Å². The lowest BCUT2D eigenvalue weighted by atomic mass is 9.70. The number of nitrogens with zero attached hydrogens (tertiary/aromatic N) is 1. The molecule has 0 aromatic carbocycles. The Kier molecular flexibility index (Phi) is 6.34. The lowest BCUT2D eigenvalue weighted by Crippen LogP contribution is -2.39. The van der Waals surface area contributed by atoms with Crippen LogP contribution in [0.1, 0.15) is 94.9 Å². The molecule has 29 heavy (non-hydrogen) atoms. The number of carbonyl (C=O) groups is 2. The Morgan fingerprint density at radius 3 is 2.03 bits per heavy atom. The van der Waals surface area contributed by atoms with Gasteiger partial charge in [0.15, 0.2) is 6.04 Å². The van der Waals surface area contributed by atoms with Gasteiger partial charge in [-0.2, -0.15) is 0 Å². The smallest absolute Gasteiger partial charge is 0.331 e. The van der Waals surface area contributed by atoms with Crippen LogP contribution in [-0.4, -0.2) is 34.9 Å². The fourth-order valence-electron chi connectivity index (χ4n) is 4.82. The van der Waals surface area contributed by atoms with Crippen molar-refractivity contribution in [2.75, 3.05) is 0 Å². The molecule has 0 amide bonds. The van der Waals surface area contributed by atoms with E-state index in [1.165, 1.54) is 6.42 Å². The maximum atomic E-state index is 13.0. The summed E-state index contributed by atoms with van der Waals surface area (Å²) in [4.78, 5) is 30.4. The van der Waals surface area contributed by atoms with Gasteiger partial charge in [-0.15, -0.1) is 0 Å². The van der Waals surface area contributed by atoms with E-state index < -0.39 is 17.2 Å². The average Bonchev–Trinajstić information content (AvgIpc) is 2.81. The van der Waals surface area contributed by atoms with Crippen molar-refractivity contribution in [3.05, 3.63) is 0 Å². The van der Waals surface area contributed by atoms with Crippen molar-refractivity contribution in [1.82, 2.24) is 0 Å². The fraction of sp³-hybridized carbons (Fsp3) is 0.875. The molecule has 2 saturated carbocycles. The van der Waals surface area contributed by atoms with Crippen molar-refractivity contribution in [1.29, 1.82) is 0 Å². The van der Waals surface area contributed by atoms with Crippen LogP contribution < -0.4 is 0 Å². The first-order valence-electron chi connectivity index (χ1n) is 11.0. The van der Waals surface area contributed by atoms with E-state index >= 15 is 0 Å². The minimum atomic E-state index is -0.691. The Bertz CT molecular complexity index is 680. The maximum absolute atomic E-state index is 13.0. The summed E-state index contributed by atoms with van der Waals surface area (Å²) in [5, 5.41) is 0. The molecule has 166 valence electrons. The number of fused-ring (bicyclic) bond motifs is 2. The van der Waals surface area contributed by atoms with Gasteiger partial charge in [0.25, 0.3) is 0 Å². The highest BCUT2D eigenvalue weighted by molar-refractivity contribution is 5.96. The molecule has 0 aliphatic heterocycles. The van der Waals surface area contributed by atoms with Crippen LogP contribution in [0.5, 0.6) is 0 Å². The third-order valence-corrected chi connectivity index (χ3v) is 6.90. The molecule has 2 aliphatic carbocycles. The second-order valence-corrected chi connectivity index (χ2v) is 11.8. The molecule has 2 aliphatic rings. The normalized spacial score (nSPS) is 29.6. The Labute approximate surface area is 177 Å². The van der Waals surface area contributed by atoms with E-state index in [1.807, 2.05) is 48.5 Å². The van der Waals surface area contributed by atoms with Crippen LogP contribution in [0.2, 0.25) is 0 Å². The molecular weight excluding hydrogens is 366 g/mol. The highest BCUT2D eigenvalue weighted by Gasteiger charge is 2.60. The van der Waals surface area contributed by atoms with Crippen LogP contribution in [0.25, 0.3) is 0 Å². The van der Waals surface area contributed by atoms with Gasteiger partial charge in [-0.05, 0) is 78.1 Å². The summed E-state index contributed by atoms with van der Waals surface area (Å²) in [6.45, 7) is 19.9. The van der Waals surface area contributed by atoms with Crippen molar-refractivity contribution in [3.8, 4) is 0 Å². The summed E-state index contributed by atoms with van der Waals surface area (Å²) in [5.74, 6) is -0.354. The molecule has 0 radical (unpaired) electrons. The quantitative estimate of drug-likeness (QED) is 0.576. The van der Waals surface area contributed by atoms with Gasteiger partial charge in [-0.25, -0.2) is 4.79 Å². The second kappa shape index (κ2) is 7.70. The molecule has 0 saturated heterocycles. The minimum absolute atomic E-state index is 0.00354. The zero-order chi connectivity index (χ0) is 22.4. The second-order valence-electron chi connectivity index (χ2n) is 11.8. The molecule has 0 heterocycles. The number of hydrogen-bond acceptors (Lipinski definition) is 5. The van der Waals surface area contributed by atoms with Gasteiger partial charge in [0.1, 0.15) is 11.2 Å². The van der Waals surface area contributed by atoms with E-state index in [0.717, 1.165) is 18.6 Å². The van der Waals surface area contributed by atoms with E-state index in [1.54, 1.807) is 0 Å². The number of carbonyl (C=O) groups excluding carboxylic acids is 2. The summed E-state index contributed by atoms with van der Waals surface area (Å²) in [6, 6.07) is -0.691. The van der Waals surface area contributed by atoms with Crippen LogP contribution >= 0.6 is 0 Å². The molecule has 0 spiro atoms. The Morgan fingerprint density at radius 1 is 1.07 bits per heavy atom. The van der Waals surface area contributed by atoms with Gasteiger partial charge in [0.05, 0.1) is 6.42 Å². The van der Waals surface area contributed by atoms with E-state index in [-0.39, 0.29) is 35.1 Å². The van der Waals surface area contributed by atoms with Crippen LogP contribution in [0.3, 0.4) is 0 Å². The minimum Gasteiger partial charge on any atom is -0.460 e. The first-order valence-corrected chi connectivity index (χ1v) is 11.0. The zero-order valence-corrected chi connectivity index (χ0v) is 20.1. The lowest BCUT2D eigenvalue weighted by Gasteiger charge is -2.35. The van der Waals surface area contributed by atoms with Gasteiger partial charge in [0, 0.05) is 11.1 Å². The number of aliphatic imine (C=N–C) groups is 1. The SMILES string of the molecule is C[C@@H](CC(=O)OC(C)(C)C)[C@H](N=C1C[C@H]2CC[C@]1(C)C2(C)C)C(=O)OC(C)(C)C. The Balaban J connectivity index is 2.29. The van der Waals surface area contributed by atoms with Gasteiger partial charge in [-0.3, -0.25) is 9.79 Å². The van der Waals surface area contributed by atoms with E-state index in [4.69, 9.17) is 14.5 Å². The zero-order valence-electron chi connectivity index (χ0n) is 20.1. The molecule has 5 nitrogen and oxygen atoms in total. The van der Waals surface area contributed by atoms with E-state index in [9.17, 15) is 9.59 Å². The topological polar surface area (TPSA) is 65.0 Å². The Morgan fingerprint density at radius 2 is 1.62 bits per heavy atom. The predicted molar refractivity (Wildman–Crippen MR) is 116 cm³/mol. The number of rotatable bonds is 5. The first-order chi connectivity index (χ1) is 13.0. The van der Waals surface area contributed by atoms with Gasteiger partial charge >= 0.3 is 11.9 Å². The van der Waals surface area contributed by atoms with Gasteiger partial charge < -0.3 is 9.47 Å². The molecule has 2 fully saturated rings. The van der Waals surface area contributed by atoms with Crippen molar-refractivity contribution in [2.45, 2.75) is 112 Å². The van der Waals surface area contributed by atoms with Crippen LogP contribution in [-0.2, 0) is 19.1 Å². The average molecular weight is 408 g/mol. The van der Waals surface area contributed by atoms with E-state index in [2.05, 4.69) is 20.8 Å². The number of hydrogen-bond donors (Lipinski definition) is 0. The summed E-state index contributed by atoms with van der Waals surface area (Å²) in [6.07, 6.45) is 3.39. The summed E-state index contributed by atoms with van der Waals surface area (Å²) in [7, 11) is 0. The molecule has 2 rings (SSSR count). The van der Waals surface area contributed by atoms with Crippen LogP contribution in [0.15, 0.2) is 4.99 Å². The molecule has 0 unspecified atom stereocenters. The molecule has 2 bridgehead atoms. The third kappa shape index (κ3) is 5.21. The molecular formula is C24H41NO4. The monoisotopic (exact) mass is 407 g/mol. The molecule has 4 atom stereocenters. The summed E-state index contributed by atoms with van der Waals surface area (Å²) in [5.41, 5.74) is 0.152. The van der Waals surface area contributed by atoms with Gasteiger partial charge in [-0.1, -0.05) is 27.7 Å². The molecule has 0 N–H and O–H groups in total. The maximum Gasteiger partial charge on any atom is 0.331 e. The van der Waals surface area contributed by atoms with Crippen molar-refractivity contribution < 1.29 is 19.1 Å². The lowest BCUT2D eigenvalue weighted by molar-refractivity contribution is -0.159. The number of esters is 2. The number of ether oxygens (including phenoxy) is 2. The predicted octanol–water partition coefficient (Wildman–Crippen LogP) is 5.35. The van der Waals surface area contributed by atoms with Crippen molar-refractivity contribution >= 4 is 17.7 Å². The first kappa shape index (κ1) is 23.9. The molecule has 0 aromatic rings. The Hall–Kier alpha value is -1.39. The van der Waals surface area contributed by atoms with Crippen LogP contribution in [0.4, 0.5) is 0 Å². The molecule has 5 heteroatoms. The summed E-state index contributed by atoms with van der Waals surface area (Å²) >= 11 is 0. The highest BCUT2D eigenvalue weighted by Crippen LogP contribution is 2.64. The van der Waals surface area contributed by atoms with Crippen molar-refractivity contribution in [2.24, 2.45) is 27.7 Å². The fourth-order valence-corrected chi connectivity index (χ4v) is 4.82. The van der Waals surface area contributed by atoms with Crippen molar-refractivity contribution in [3.63, 3.8) is 0 Å².